The molecule has 0 radical (unpaired) electrons. The second kappa shape index (κ2) is 8.20. The van der Waals surface area contributed by atoms with Crippen molar-refractivity contribution in [3.63, 3.8) is 0 Å². The monoisotopic (exact) mass is 402 g/mol. The smallest absolute Gasteiger partial charge is 0.320 e. The standard InChI is InChI=1S/C22H22N6O2/c1-15-9-18-12-20(17-7-5-4-6-8-17)25-28(18)19(10-15)13-27-16(2)11-21(24-27)22(23-3)26-30-14-29/h4-12,14H,13H2,1-3H3,(H,23,26). The molecule has 8 heteroatoms. The van der Waals surface area contributed by atoms with Crippen molar-refractivity contribution in [2.75, 3.05) is 7.05 Å². The molecular formula is C22H22N6O2. The van der Waals surface area contributed by atoms with Crippen LogP contribution < -0.4 is 5.48 Å². The number of nitrogens with one attached hydrogen (secondary N) is 1. The molecule has 0 spiro atoms. The van der Waals surface area contributed by atoms with Gasteiger partial charge in [-0.05, 0) is 43.7 Å². The molecule has 0 aliphatic heterocycles. The van der Waals surface area contributed by atoms with Crippen molar-refractivity contribution in [3.8, 4) is 11.3 Å². The summed E-state index contributed by atoms with van der Waals surface area (Å²) in [5.41, 5.74) is 9.23. The molecular weight excluding hydrogens is 380 g/mol. The van der Waals surface area contributed by atoms with Crippen LogP contribution in [0.25, 0.3) is 16.8 Å². The van der Waals surface area contributed by atoms with Crippen LogP contribution in [-0.4, -0.2) is 38.8 Å². The average Bonchev–Trinajstić information content (AvgIpc) is 3.33. The van der Waals surface area contributed by atoms with Crippen LogP contribution >= 0.6 is 0 Å². The Morgan fingerprint density at radius 3 is 2.67 bits per heavy atom. The van der Waals surface area contributed by atoms with Crippen LogP contribution in [0.15, 0.2) is 59.6 Å². The Morgan fingerprint density at radius 1 is 1.13 bits per heavy atom. The molecule has 3 heterocycles. The number of amidine groups is 1. The molecule has 0 bridgehead atoms. The summed E-state index contributed by atoms with van der Waals surface area (Å²) in [6, 6.07) is 18.3. The van der Waals surface area contributed by atoms with Crippen molar-refractivity contribution in [3.05, 3.63) is 77.2 Å². The molecule has 0 aliphatic rings. The van der Waals surface area contributed by atoms with Gasteiger partial charge in [0.2, 0.25) is 0 Å². The van der Waals surface area contributed by atoms with E-state index in [1.165, 1.54) is 0 Å². The van der Waals surface area contributed by atoms with E-state index >= 15 is 0 Å². The fourth-order valence-corrected chi connectivity index (χ4v) is 3.42. The van der Waals surface area contributed by atoms with Crippen molar-refractivity contribution in [2.45, 2.75) is 20.4 Å². The molecule has 1 aromatic carbocycles. The molecule has 3 aromatic heterocycles. The van der Waals surface area contributed by atoms with Gasteiger partial charge in [-0.1, -0.05) is 30.3 Å². The number of pyridine rings is 1. The molecule has 0 amide bonds. The van der Waals surface area contributed by atoms with E-state index in [-0.39, 0.29) is 0 Å². The number of aryl methyl sites for hydroxylation is 2. The number of carbonyl (C=O) groups is 1. The van der Waals surface area contributed by atoms with Crippen LogP contribution in [0.5, 0.6) is 0 Å². The fraction of sp³-hybridized carbons (Fsp3) is 0.182. The largest absolute Gasteiger partial charge is 0.345 e. The Hall–Kier alpha value is -3.94. The third-order valence-corrected chi connectivity index (χ3v) is 4.81. The molecule has 152 valence electrons. The number of hydrogen-bond donors (Lipinski definition) is 1. The molecule has 0 atom stereocenters. The number of nitrogens with zero attached hydrogens (tertiary/aromatic N) is 5. The lowest BCUT2D eigenvalue weighted by Crippen LogP contribution is -2.25. The second-order valence-corrected chi connectivity index (χ2v) is 6.97. The third-order valence-electron chi connectivity index (χ3n) is 4.81. The van der Waals surface area contributed by atoms with Gasteiger partial charge in [0.05, 0.1) is 23.4 Å². The predicted molar refractivity (Wildman–Crippen MR) is 114 cm³/mol. The SMILES string of the molecule is CN=C(NOC=O)c1cc(C)n(Cc2cc(C)cc3cc(-c4ccccc4)nn23)n1. The minimum atomic E-state index is 0.306. The van der Waals surface area contributed by atoms with Gasteiger partial charge in [-0.25, -0.2) is 4.52 Å². The molecule has 0 saturated heterocycles. The lowest BCUT2D eigenvalue weighted by atomic mass is 10.1. The van der Waals surface area contributed by atoms with E-state index in [1.807, 2.05) is 40.4 Å². The van der Waals surface area contributed by atoms with Gasteiger partial charge < -0.3 is 4.84 Å². The first kappa shape index (κ1) is 19.4. The summed E-state index contributed by atoms with van der Waals surface area (Å²) in [5, 5.41) is 9.45. The first-order valence-electron chi connectivity index (χ1n) is 9.50. The van der Waals surface area contributed by atoms with E-state index in [0.717, 1.165) is 33.7 Å². The highest BCUT2D eigenvalue weighted by molar-refractivity contribution is 5.96. The van der Waals surface area contributed by atoms with Crippen LogP contribution in [0, 0.1) is 13.8 Å². The van der Waals surface area contributed by atoms with Crippen LogP contribution in [0.2, 0.25) is 0 Å². The van der Waals surface area contributed by atoms with Gasteiger partial charge in [-0.15, -0.1) is 0 Å². The minimum Gasteiger partial charge on any atom is -0.345 e. The van der Waals surface area contributed by atoms with E-state index in [0.29, 0.717) is 24.5 Å². The molecule has 8 nitrogen and oxygen atoms in total. The molecule has 0 aliphatic carbocycles. The zero-order valence-corrected chi connectivity index (χ0v) is 17.0. The molecule has 4 aromatic rings. The van der Waals surface area contributed by atoms with E-state index in [4.69, 9.17) is 5.10 Å². The summed E-state index contributed by atoms with van der Waals surface area (Å²) in [4.78, 5) is 19.1. The first-order chi connectivity index (χ1) is 14.6. The number of carbonyl (C=O) groups excluding carboxylic acids is 1. The Labute approximate surface area is 173 Å². The minimum absolute atomic E-state index is 0.306. The highest BCUT2D eigenvalue weighted by Crippen LogP contribution is 2.22. The summed E-state index contributed by atoms with van der Waals surface area (Å²) in [6.07, 6.45) is 0. The number of rotatable bonds is 6. The Balaban J connectivity index is 1.70. The van der Waals surface area contributed by atoms with Crippen molar-refractivity contribution in [1.29, 1.82) is 0 Å². The van der Waals surface area contributed by atoms with Crippen molar-refractivity contribution in [2.24, 2.45) is 4.99 Å². The van der Waals surface area contributed by atoms with Crippen LogP contribution in [0.4, 0.5) is 0 Å². The van der Waals surface area contributed by atoms with Gasteiger partial charge in [0.15, 0.2) is 5.84 Å². The maximum Gasteiger partial charge on any atom is 0.320 e. The van der Waals surface area contributed by atoms with Crippen LogP contribution in [-0.2, 0) is 16.2 Å². The predicted octanol–water partition coefficient (Wildman–Crippen LogP) is 2.92. The lowest BCUT2D eigenvalue weighted by molar-refractivity contribution is -0.132. The third kappa shape index (κ3) is 3.80. The zero-order valence-electron chi connectivity index (χ0n) is 17.0. The van der Waals surface area contributed by atoms with E-state index in [9.17, 15) is 4.79 Å². The van der Waals surface area contributed by atoms with Crippen molar-refractivity contribution in [1.82, 2.24) is 24.9 Å². The molecule has 1 N–H and O–H groups in total. The van der Waals surface area contributed by atoms with Crippen LogP contribution in [0.3, 0.4) is 0 Å². The van der Waals surface area contributed by atoms with Crippen molar-refractivity contribution < 1.29 is 9.63 Å². The molecule has 4 rings (SSSR count). The Bertz CT molecular complexity index is 1220. The zero-order chi connectivity index (χ0) is 21.1. The van der Waals surface area contributed by atoms with Gasteiger partial charge in [0, 0.05) is 18.3 Å². The van der Waals surface area contributed by atoms with E-state index in [1.54, 1.807) is 7.05 Å². The van der Waals surface area contributed by atoms with Gasteiger partial charge in [-0.3, -0.25) is 14.5 Å². The maximum atomic E-state index is 10.5. The first-order valence-corrected chi connectivity index (χ1v) is 9.50. The van der Waals surface area contributed by atoms with E-state index < -0.39 is 0 Å². The fourth-order valence-electron chi connectivity index (χ4n) is 3.42. The molecule has 0 fully saturated rings. The number of aromatic nitrogens is 4. The van der Waals surface area contributed by atoms with Gasteiger partial charge in [0.25, 0.3) is 0 Å². The Morgan fingerprint density at radius 2 is 1.93 bits per heavy atom. The number of hydroxylamine groups is 1. The summed E-state index contributed by atoms with van der Waals surface area (Å²) in [7, 11) is 1.60. The second-order valence-electron chi connectivity index (χ2n) is 6.97. The summed E-state index contributed by atoms with van der Waals surface area (Å²) < 4.78 is 3.83. The summed E-state index contributed by atoms with van der Waals surface area (Å²) in [6.45, 7) is 4.88. The molecule has 0 unspecified atom stereocenters. The highest BCUT2D eigenvalue weighted by Gasteiger charge is 2.14. The summed E-state index contributed by atoms with van der Waals surface area (Å²) in [5.74, 6) is 0.379. The number of benzene rings is 1. The summed E-state index contributed by atoms with van der Waals surface area (Å²) >= 11 is 0. The maximum absolute atomic E-state index is 10.5. The van der Waals surface area contributed by atoms with E-state index in [2.05, 4.69) is 57.7 Å². The average molecular weight is 402 g/mol. The number of fused-ring (bicyclic) bond motifs is 1. The topological polar surface area (TPSA) is 85.8 Å². The quantitative estimate of drug-likeness (QED) is 0.232. The van der Waals surface area contributed by atoms with Gasteiger partial charge >= 0.3 is 6.47 Å². The molecule has 0 saturated carbocycles. The normalized spacial score (nSPS) is 11.6. The van der Waals surface area contributed by atoms with Crippen molar-refractivity contribution >= 4 is 17.8 Å². The van der Waals surface area contributed by atoms with Gasteiger partial charge in [-0.2, -0.15) is 15.7 Å². The Kier molecular flexibility index (Phi) is 5.30. The van der Waals surface area contributed by atoms with Gasteiger partial charge in [0.1, 0.15) is 5.69 Å². The van der Waals surface area contributed by atoms with Crippen LogP contribution in [0.1, 0.15) is 22.6 Å². The number of aliphatic imine (C=N–C) groups is 1. The number of hydrogen-bond acceptors (Lipinski definition) is 5. The lowest BCUT2D eigenvalue weighted by Gasteiger charge is -2.09. The molecule has 30 heavy (non-hydrogen) atoms. The highest BCUT2D eigenvalue weighted by atomic mass is 16.7.